The molecule has 1 aliphatic heterocycles. The van der Waals surface area contributed by atoms with Crippen LogP contribution in [0.4, 0.5) is 0 Å². The van der Waals surface area contributed by atoms with Gasteiger partial charge in [0.2, 0.25) is 0 Å². The Morgan fingerprint density at radius 3 is 2.48 bits per heavy atom. The van der Waals surface area contributed by atoms with Crippen LogP contribution in [0.25, 0.3) is 0 Å². The Labute approximate surface area is 130 Å². The molecule has 21 heavy (non-hydrogen) atoms. The van der Waals surface area contributed by atoms with Crippen LogP contribution in [0.3, 0.4) is 0 Å². The quantitative estimate of drug-likeness (QED) is 0.757. The molecule has 2 rings (SSSR count). The second kappa shape index (κ2) is 7.43. The normalized spacial score (nSPS) is 34.3. The van der Waals surface area contributed by atoms with Crippen molar-refractivity contribution in [2.45, 2.75) is 71.8 Å². The predicted molar refractivity (Wildman–Crippen MR) is 87.4 cm³/mol. The van der Waals surface area contributed by atoms with E-state index >= 15 is 0 Å². The molecule has 0 aromatic carbocycles. The van der Waals surface area contributed by atoms with Crippen molar-refractivity contribution in [3.63, 3.8) is 0 Å². The van der Waals surface area contributed by atoms with E-state index in [4.69, 9.17) is 4.74 Å². The van der Waals surface area contributed by atoms with Crippen molar-refractivity contribution < 1.29 is 9.84 Å². The highest BCUT2D eigenvalue weighted by Gasteiger charge is 2.36. The van der Waals surface area contributed by atoms with E-state index in [0.29, 0.717) is 11.5 Å². The molecule has 1 saturated carbocycles. The van der Waals surface area contributed by atoms with Gasteiger partial charge in [-0.25, -0.2) is 0 Å². The summed E-state index contributed by atoms with van der Waals surface area (Å²) in [5.41, 5.74) is 0.691. The van der Waals surface area contributed by atoms with Crippen molar-refractivity contribution in [3.8, 4) is 0 Å². The van der Waals surface area contributed by atoms with Gasteiger partial charge in [-0.15, -0.1) is 0 Å². The fourth-order valence-corrected chi connectivity index (χ4v) is 4.04. The Morgan fingerprint density at radius 1 is 1.24 bits per heavy atom. The lowest BCUT2D eigenvalue weighted by Crippen LogP contribution is -2.43. The van der Waals surface area contributed by atoms with E-state index in [1.54, 1.807) is 0 Å². The smallest absolute Gasteiger partial charge is 0.0536 e. The van der Waals surface area contributed by atoms with Gasteiger partial charge in [0.25, 0.3) is 0 Å². The summed E-state index contributed by atoms with van der Waals surface area (Å²) >= 11 is 0. The molecule has 1 unspecified atom stereocenters. The van der Waals surface area contributed by atoms with Gasteiger partial charge in [0, 0.05) is 31.2 Å². The first-order chi connectivity index (χ1) is 10.0. The number of hydrogen-bond donors (Lipinski definition) is 2. The van der Waals surface area contributed by atoms with Gasteiger partial charge in [0.1, 0.15) is 0 Å². The molecule has 0 bridgehead atoms. The predicted octanol–water partition coefficient (Wildman–Crippen LogP) is 3.36. The molecule has 0 spiro atoms. The molecule has 0 amide bonds. The molecule has 3 heteroatoms. The van der Waals surface area contributed by atoms with Gasteiger partial charge in [0.05, 0.1) is 6.61 Å². The van der Waals surface area contributed by atoms with E-state index in [1.165, 1.54) is 32.1 Å². The third-order valence-electron chi connectivity index (χ3n) is 6.34. The number of rotatable bonds is 7. The molecule has 2 aliphatic rings. The number of ether oxygens (including phenoxy) is 1. The maximum absolute atomic E-state index is 9.30. The zero-order chi connectivity index (χ0) is 15.3. The van der Waals surface area contributed by atoms with Crippen molar-refractivity contribution in [2.75, 3.05) is 26.4 Å². The maximum atomic E-state index is 9.30. The molecular formula is C18H35NO2. The van der Waals surface area contributed by atoms with Gasteiger partial charge >= 0.3 is 0 Å². The van der Waals surface area contributed by atoms with Gasteiger partial charge in [-0.2, -0.15) is 0 Å². The van der Waals surface area contributed by atoms with Gasteiger partial charge in [-0.3, -0.25) is 0 Å². The lowest BCUT2D eigenvalue weighted by atomic mass is 9.69. The molecule has 2 N–H and O–H groups in total. The van der Waals surface area contributed by atoms with E-state index < -0.39 is 0 Å². The van der Waals surface area contributed by atoms with Crippen molar-refractivity contribution in [1.82, 2.24) is 5.32 Å². The highest BCUT2D eigenvalue weighted by atomic mass is 16.5. The van der Waals surface area contributed by atoms with Gasteiger partial charge in [-0.05, 0) is 49.9 Å². The van der Waals surface area contributed by atoms with Crippen LogP contribution in [0.2, 0.25) is 0 Å². The molecule has 0 aromatic heterocycles. The zero-order valence-electron chi connectivity index (χ0n) is 14.3. The number of aliphatic hydroxyl groups is 1. The molecular weight excluding hydrogens is 262 g/mol. The van der Waals surface area contributed by atoms with Crippen molar-refractivity contribution in [2.24, 2.45) is 16.7 Å². The van der Waals surface area contributed by atoms with Crippen LogP contribution in [0.15, 0.2) is 0 Å². The van der Waals surface area contributed by atoms with Gasteiger partial charge < -0.3 is 15.2 Å². The minimum Gasteiger partial charge on any atom is -0.396 e. The summed E-state index contributed by atoms with van der Waals surface area (Å²) in [7, 11) is 0. The van der Waals surface area contributed by atoms with Crippen LogP contribution < -0.4 is 5.32 Å². The van der Waals surface area contributed by atoms with Crippen LogP contribution >= 0.6 is 0 Å². The minimum atomic E-state index is 0.189. The van der Waals surface area contributed by atoms with Crippen LogP contribution in [-0.4, -0.2) is 37.5 Å². The number of aliphatic hydroxyl groups excluding tert-OH is 1. The fraction of sp³-hybridized carbons (Fsp3) is 1.00. The lowest BCUT2D eigenvalue weighted by Gasteiger charge is -2.40. The average molecular weight is 297 g/mol. The summed E-state index contributed by atoms with van der Waals surface area (Å²) in [6.07, 6.45) is 8.60. The molecule has 1 saturated heterocycles. The first kappa shape index (κ1) is 17.2. The second-order valence-electron chi connectivity index (χ2n) is 8.05. The Hall–Kier alpha value is -0.120. The van der Waals surface area contributed by atoms with Crippen LogP contribution in [-0.2, 0) is 4.74 Å². The molecule has 2 fully saturated rings. The standard InChI is InChI=1S/C18H35NO2/c1-4-17(2,3)15-5-7-16(8-6-15)19-13-18(9-11-20)10-12-21-14-18/h15-16,19-20H,4-14H2,1-3H3. The molecule has 1 atom stereocenters. The van der Waals surface area contributed by atoms with E-state index in [-0.39, 0.29) is 12.0 Å². The van der Waals surface area contributed by atoms with Crippen LogP contribution in [0.5, 0.6) is 0 Å². The topological polar surface area (TPSA) is 41.5 Å². The first-order valence-corrected chi connectivity index (χ1v) is 8.93. The highest BCUT2D eigenvalue weighted by molar-refractivity contribution is 4.89. The third-order valence-corrected chi connectivity index (χ3v) is 6.34. The van der Waals surface area contributed by atoms with Crippen molar-refractivity contribution in [1.29, 1.82) is 0 Å². The summed E-state index contributed by atoms with van der Waals surface area (Å²) in [4.78, 5) is 0. The summed E-state index contributed by atoms with van der Waals surface area (Å²) in [6, 6.07) is 0.671. The van der Waals surface area contributed by atoms with E-state index in [2.05, 4.69) is 26.1 Å². The highest BCUT2D eigenvalue weighted by Crippen LogP contribution is 2.40. The largest absolute Gasteiger partial charge is 0.396 e. The van der Waals surface area contributed by atoms with Crippen molar-refractivity contribution >= 4 is 0 Å². The maximum Gasteiger partial charge on any atom is 0.0536 e. The molecule has 1 aliphatic carbocycles. The Kier molecular flexibility index (Phi) is 6.10. The molecule has 0 radical (unpaired) electrons. The average Bonchev–Trinajstić information content (AvgIpc) is 2.95. The second-order valence-corrected chi connectivity index (χ2v) is 8.05. The number of hydrogen-bond acceptors (Lipinski definition) is 3. The molecule has 124 valence electrons. The first-order valence-electron chi connectivity index (χ1n) is 8.93. The van der Waals surface area contributed by atoms with E-state index in [9.17, 15) is 5.11 Å². The summed E-state index contributed by atoms with van der Waals surface area (Å²) in [6.45, 7) is 10.2. The minimum absolute atomic E-state index is 0.189. The summed E-state index contributed by atoms with van der Waals surface area (Å²) in [5, 5.41) is 13.1. The van der Waals surface area contributed by atoms with Crippen LogP contribution in [0, 0.1) is 16.7 Å². The van der Waals surface area contributed by atoms with Crippen molar-refractivity contribution in [3.05, 3.63) is 0 Å². The monoisotopic (exact) mass is 297 g/mol. The third kappa shape index (κ3) is 4.43. The molecule has 1 heterocycles. The van der Waals surface area contributed by atoms with E-state index in [0.717, 1.165) is 38.5 Å². The molecule has 3 nitrogen and oxygen atoms in total. The van der Waals surface area contributed by atoms with Gasteiger partial charge in [0.15, 0.2) is 0 Å². The lowest BCUT2D eigenvalue weighted by molar-refractivity contribution is 0.109. The zero-order valence-corrected chi connectivity index (χ0v) is 14.3. The number of nitrogens with one attached hydrogen (secondary N) is 1. The van der Waals surface area contributed by atoms with E-state index in [1.807, 2.05) is 0 Å². The summed E-state index contributed by atoms with van der Waals surface area (Å²) in [5.74, 6) is 0.891. The molecule has 0 aromatic rings. The van der Waals surface area contributed by atoms with Gasteiger partial charge in [-0.1, -0.05) is 27.2 Å². The Morgan fingerprint density at radius 2 is 1.95 bits per heavy atom. The Bertz CT molecular complexity index is 302. The Balaban J connectivity index is 1.76. The SMILES string of the molecule is CCC(C)(C)C1CCC(NCC2(CCO)CCOC2)CC1. The van der Waals surface area contributed by atoms with Crippen LogP contribution in [0.1, 0.15) is 65.7 Å². The fourth-order valence-electron chi connectivity index (χ4n) is 4.04. The summed E-state index contributed by atoms with van der Waals surface area (Å²) < 4.78 is 5.58.